The molecule has 0 bridgehead atoms. The van der Waals surface area contributed by atoms with Crippen molar-refractivity contribution in [1.82, 2.24) is 4.90 Å². The average molecular weight is 379 g/mol. The van der Waals surface area contributed by atoms with Gasteiger partial charge in [-0.3, -0.25) is 9.59 Å². The van der Waals surface area contributed by atoms with Crippen LogP contribution in [0.15, 0.2) is 39.4 Å². The molecule has 1 N–H and O–H groups in total. The van der Waals surface area contributed by atoms with E-state index in [2.05, 4.69) is 21.2 Å². The van der Waals surface area contributed by atoms with Crippen molar-refractivity contribution in [2.24, 2.45) is 0 Å². The van der Waals surface area contributed by atoms with E-state index >= 15 is 0 Å². The first-order valence-electron chi connectivity index (χ1n) is 7.21. The number of likely N-dealkylation sites (N-methyl/N-ethyl adjacent to an activating group) is 1. The molecule has 1 aromatic carbocycles. The number of ether oxygens (including phenoxy) is 1. The molecule has 0 saturated carbocycles. The summed E-state index contributed by atoms with van der Waals surface area (Å²) < 4.78 is 11.3. The molecule has 1 aliphatic heterocycles. The summed E-state index contributed by atoms with van der Waals surface area (Å²) in [6.07, 6.45) is 0. The SMILES string of the molecule is CCN1CCOc2ccc(NC(=O)c3ccc(Br)o3)cc2C1=O. The highest BCUT2D eigenvalue weighted by molar-refractivity contribution is 9.10. The van der Waals surface area contributed by atoms with Gasteiger partial charge in [0.15, 0.2) is 10.4 Å². The molecule has 0 spiro atoms. The number of halogens is 1. The number of nitrogens with zero attached hydrogens (tertiary/aromatic N) is 1. The number of carbonyl (C=O) groups excluding carboxylic acids is 2. The third-order valence-electron chi connectivity index (χ3n) is 3.55. The fraction of sp³-hybridized carbons (Fsp3) is 0.250. The minimum Gasteiger partial charge on any atom is -0.491 e. The molecular formula is C16H15BrN2O4. The van der Waals surface area contributed by atoms with E-state index in [9.17, 15) is 9.59 Å². The summed E-state index contributed by atoms with van der Waals surface area (Å²) in [5, 5.41) is 2.72. The number of rotatable bonds is 3. The Morgan fingerprint density at radius 3 is 2.87 bits per heavy atom. The van der Waals surface area contributed by atoms with Crippen molar-refractivity contribution >= 4 is 33.4 Å². The van der Waals surface area contributed by atoms with Gasteiger partial charge in [0.2, 0.25) is 0 Å². The Bertz CT molecular complexity index is 756. The highest BCUT2D eigenvalue weighted by Gasteiger charge is 2.23. The monoisotopic (exact) mass is 378 g/mol. The molecule has 1 aromatic heterocycles. The quantitative estimate of drug-likeness (QED) is 0.890. The van der Waals surface area contributed by atoms with Gasteiger partial charge in [-0.15, -0.1) is 0 Å². The summed E-state index contributed by atoms with van der Waals surface area (Å²) in [4.78, 5) is 26.3. The van der Waals surface area contributed by atoms with E-state index in [4.69, 9.17) is 9.15 Å². The van der Waals surface area contributed by atoms with E-state index in [0.717, 1.165) is 0 Å². The lowest BCUT2D eigenvalue weighted by Crippen LogP contribution is -2.32. The maximum atomic E-state index is 12.5. The van der Waals surface area contributed by atoms with Crippen molar-refractivity contribution in [2.45, 2.75) is 6.92 Å². The van der Waals surface area contributed by atoms with Crippen LogP contribution in [0, 0.1) is 0 Å². The largest absolute Gasteiger partial charge is 0.491 e. The Hall–Kier alpha value is -2.28. The van der Waals surface area contributed by atoms with Crippen molar-refractivity contribution in [3.63, 3.8) is 0 Å². The van der Waals surface area contributed by atoms with Gasteiger partial charge in [0.25, 0.3) is 11.8 Å². The smallest absolute Gasteiger partial charge is 0.291 e. The van der Waals surface area contributed by atoms with E-state index in [-0.39, 0.29) is 17.6 Å². The van der Waals surface area contributed by atoms with Crippen LogP contribution in [0.4, 0.5) is 5.69 Å². The minimum atomic E-state index is -0.384. The fourth-order valence-corrected chi connectivity index (χ4v) is 2.68. The van der Waals surface area contributed by atoms with Crippen LogP contribution in [-0.4, -0.2) is 36.4 Å². The van der Waals surface area contributed by atoms with Gasteiger partial charge in [-0.25, -0.2) is 0 Å². The molecule has 3 rings (SSSR count). The fourth-order valence-electron chi connectivity index (χ4n) is 2.37. The molecule has 0 saturated heterocycles. The zero-order valence-electron chi connectivity index (χ0n) is 12.5. The predicted octanol–water partition coefficient (Wildman–Crippen LogP) is 3.15. The van der Waals surface area contributed by atoms with Gasteiger partial charge < -0.3 is 19.4 Å². The van der Waals surface area contributed by atoms with Crippen LogP contribution in [-0.2, 0) is 0 Å². The van der Waals surface area contributed by atoms with Crippen molar-refractivity contribution in [3.05, 3.63) is 46.3 Å². The number of hydrogen-bond acceptors (Lipinski definition) is 4. The Morgan fingerprint density at radius 1 is 1.35 bits per heavy atom. The number of fused-ring (bicyclic) bond motifs is 1. The molecule has 1 aliphatic rings. The lowest BCUT2D eigenvalue weighted by molar-refractivity contribution is 0.0764. The summed E-state index contributed by atoms with van der Waals surface area (Å²) in [5.41, 5.74) is 0.957. The molecule has 2 amide bonds. The van der Waals surface area contributed by atoms with Gasteiger partial charge >= 0.3 is 0 Å². The van der Waals surface area contributed by atoms with Gasteiger partial charge in [-0.1, -0.05) is 0 Å². The highest BCUT2D eigenvalue weighted by Crippen LogP contribution is 2.27. The van der Waals surface area contributed by atoms with E-state index in [0.29, 0.717) is 41.4 Å². The van der Waals surface area contributed by atoms with Gasteiger partial charge in [-0.05, 0) is 53.2 Å². The van der Waals surface area contributed by atoms with Gasteiger partial charge in [-0.2, -0.15) is 0 Å². The molecule has 0 unspecified atom stereocenters. The van der Waals surface area contributed by atoms with Crippen LogP contribution in [0.1, 0.15) is 27.8 Å². The normalized spacial score (nSPS) is 14.0. The van der Waals surface area contributed by atoms with Crippen LogP contribution in [0.25, 0.3) is 0 Å². The van der Waals surface area contributed by atoms with Crippen LogP contribution in [0.2, 0.25) is 0 Å². The summed E-state index contributed by atoms with van der Waals surface area (Å²) in [5.74, 6) is 0.233. The minimum absolute atomic E-state index is 0.100. The molecule has 0 radical (unpaired) electrons. The lowest BCUT2D eigenvalue weighted by Gasteiger charge is -2.17. The third-order valence-corrected chi connectivity index (χ3v) is 3.98. The van der Waals surface area contributed by atoms with Crippen LogP contribution in [0.5, 0.6) is 5.75 Å². The maximum Gasteiger partial charge on any atom is 0.291 e. The van der Waals surface area contributed by atoms with Crippen LogP contribution >= 0.6 is 15.9 Å². The number of amides is 2. The summed E-state index contributed by atoms with van der Waals surface area (Å²) in [6.45, 7) is 3.53. The first kappa shape index (κ1) is 15.6. The Labute approximate surface area is 141 Å². The Morgan fingerprint density at radius 2 is 2.17 bits per heavy atom. The first-order valence-corrected chi connectivity index (χ1v) is 8.00. The number of furan rings is 1. The number of carbonyl (C=O) groups is 2. The van der Waals surface area contributed by atoms with E-state index in [1.165, 1.54) is 0 Å². The molecule has 2 aromatic rings. The summed E-state index contributed by atoms with van der Waals surface area (Å²) in [6, 6.07) is 8.23. The molecule has 120 valence electrons. The second-order valence-corrected chi connectivity index (χ2v) is 5.78. The maximum absolute atomic E-state index is 12.5. The predicted molar refractivity (Wildman–Crippen MR) is 87.9 cm³/mol. The van der Waals surface area contributed by atoms with Crippen molar-refractivity contribution < 1.29 is 18.7 Å². The van der Waals surface area contributed by atoms with E-state index in [1.54, 1.807) is 35.2 Å². The van der Waals surface area contributed by atoms with Crippen molar-refractivity contribution in [2.75, 3.05) is 25.0 Å². The standard InChI is InChI=1S/C16H15BrN2O4/c1-2-19-7-8-22-12-4-3-10(9-11(12)16(19)21)18-15(20)13-5-6-14(17)23-13/h3-6,9H,2,7-8H2,1H3,(H,18,20). The second-order valence-electron chi connectivity index (χ2n) is 5.00. The molecule has 7 heteroatoms. The molecular weight excluding hydrogens is 364 g/mol. The lowest BCUT2D eigenvalue weighted by atomic mass is 10.1. The Balaban J connectivity index is 1.85. The van der Waals surface area contributed by atoms with E-state index < -0.39 is 0 Å². The number of benzene rings is 1. The number of nitrogens with one attached hydrogen (secondary N) is 1. The second kappa shape index (κ2) is 6.45. The molecule has 0 fully saturated rings. The molecule has 0 aliphatic carbocycles. The zero-order valence-corrected chi connectivity index (χ0v) is 14.1. The number of hydrogen-bond donors (Lipinski definition) is 1. The van der Waals surface area contributed by atoms with Crippen molar-refractivity contribution in [1.29, 1.82) is 0 Å². The summed E-state index contributed by atoms with van der Waals surface area (Å²) >= 11 is 3.15. The number of anilines is 1. The van der Waals surface area contributed by atoms with Gasteiger partial charge in [0.1, 0.15) is 12.4 Å². The average Bonchev–Trinajstić information content (AvgIpc) is 2.91. The van der Waals surface area contributed by atoms with Crippen LogP contribution in [0.3, 0.4) is 0 Å². The highest BCUT2D eigenvalue weighted by atomic mass is 79.9. The summed E-state index contributed by atoms with van der Waals surface area (Å²) in [7, 11) is 0. The first-order chi connectivity index (χ1) is 11.1. The van der Waals surface area contributed by atoms with Gasteiger partial charge in [0.05, 0.1) is 12.1 Å². The molecule has 23 heavy (non-hydrogen) atoms. The molecule has 6 nitrogen and oxygen atoms in total. The van der Waals surface area contributed by atoms with Crippen LogP contribution < -0.4 is 10.1 Å². The molecule has 2 heterocycles. The van der Waals surface area contributed by atoms with E-state index in [1.807, 2.05) is 6.92 Å². The zero-order chi connectivity index (χ0) is 16.4. The molecule has 0 atom stereocenters. The Kier molecular flexibility index (Phi) is 4.38. The third kappa shape index (κ3) is 3.24. The van der Waals surface area contributed by atoms with Crippen molar-refractivity contribution in [3.8, 4) is 5.75 Å². The topological polar surface area (TPSA) is 71.8 Å². The van der Waals surface area contributed by atoms with Gasteiger partial charge in [0, 0.05) is 12.2 Å².